The molecule has 0 spiro atoms. The summed E-state index contributed by atoms with van der Waals surface area (Å²) in [7, 11) is 0. The van der Waals surface area contributed by atoms with E-state index in [2.05, 4.69) is 15.6 Å². The van der Waals surface area contributed by atoms with Crippen LogP contribution in [0.4, 0.5) is 8.78 Å². The van der Waals surface area contributed by atoms with E-state index in [9.17, 15) is 13.6 Å². The highest BCUT2D eigenvalue weighted by Crippen LogP contribution is 2.21. The predicted molar refractivity (Wildman–Crippen MR) is 63.0 cm³/mol. The highest BCUT2D eigenvalue weighted by molar-refractivity contribution is 6.06. The minimum Gasteiger partial charge on any atom is -0.340 e. The molecule has 0 saturated carbocycles. The molecule has 1 amide bonds. The van der Waals surface area contributed by atoms with Crippen LogP contribution in [0.1, 0.15) is 24.9 Å². The third-order valence-electron chi connectivity index (χ3n) is 2.57. The van der Waals surface area contributed by atoms with Crippen molar-refractivity contribution in [3.05, 3.63) is 35.4 Å². The van der Waals surface area contributed by atoms with E-state index in [4.69, 9.17) is 0 Å². The first-order chi connectivity index (χ1) is 8.63. The van der Waals surface area contributed by atoms with Gasteiger partial charge in [-0.05, 0) is 12.5 Å². The zero-order valence-electron chi connectivity index (χ0n) is 9.84. The highest BCUT2D eigenvalue weighted by atomic mass is 19.2. The maximum absolute atomic E-state index is 13.6. The predicted octanol–water partition coefficient (Wildman–Crippen LogP) is 1.49. The number of aliphatic imine (C=N–C) groups is 1. The SMILES string of the molecule is CCCN=C1NC(=O)C(c2cccc(F)c2F)N1. The first-order valence-electron chi connectivity index (χ1n) is 5.69. The number of carbonyl (C=O) groups is 1. The Balaban J connectivity index is 2.24. The average Bonchev–Trinajstić information content (AvgIpc) is 2.71. The fourth-order valence-corrected chi connectivity index (χ4v) is 1.70. The smallest absolute Gasteiger partial charge is 0.254 e. The van der Waals surface area contributed by atoms with Gasteiger partial charge in [0.15, 0.2) is 17.6 Å². The number of halogens is 2. The molecular formula is C12H13F2N3O. The molecule has 1 atom stereocenters. The van der Waals surface area contributed by atoms with E-state index in [-0.39, 0.29) is 5.56 Å². The monoisotopic (exact) mass is 253 g/mol. The van der Waals surface area contributed by atoms with Crippen molar-refractivity contribution in [2.75, 3.05) is 6.54 Å². The van der Waals surface area contributed by atoms with E-state index in [1.807, 2.05) is 6.92 Å². The summed E-state index contributed by atoms with van der Waals surface area (Å²) < 4.78 is 26.7. The maximum Gasteiger partial charge on any atom is 0.254 e. The fraction of sp³-hybridized carbons (Fsp3) is 0.333. The second-order valence-corrected chi connectivity index (χ2v) is 3.94. The van der Waals surface area contributed by atoms with Crippen LogP contribution in [-0.2, 0) is 4.79 Å². The van der Waals surface area contributed by atoms with Crippen molar-refractivity contribution in [3.8, 4) is 0 Å². The molecule has 96 valence electrons. The Labute approximate surface area is 103 Å². The van der Waals surface area contributed by atoms with Crippen LogP contribution in [0.25, 0.3) is 0 Å². The van der Waals surface area contributed by atoms with Crippen molar-refractivity contribution in [2.45, 2.75) is 19.4 Å². The lowest BCUT2D eigenvalue weighted by molar-refractivity contribution is -0.120. The van der Waals surface area contributed by atoms with Gasteiger partial charge in [0.1, 0.15) is 6.04 Å². The minimum absolute atomic E-state index is 0.0193. The minimum atomic E-state index is -1.01. The number of carbonyl (C=O) groups excluding carboxylic acids is 1. The summed E-state index contributed by atoms with van der Waals surface area (Å²) in [6.45, 7) is 2.51. The zero-order chi connectivity index (χ0) is 13.1. The van der Waals surface area contributed by atoms with Crippen LogP contribution in [0.3, 0.4) is 0 Å². The van der Waals surface area contributed by atoms with Gasteiger partial charge < -0.3 is 5.32 Å². The molecule has 0 aromatic heterocycles. The number of benzene rings is 1. The molecule has 1 fully saturated rings. The Hall–Kier alpha value is -1.98. The van der Waals surface area contributed by atoms with Gasteiger partial charge in [0.25, 0.3) is 5.91 Å². The van der Waals surface area contributed by atoms with Crippen molar-refractivity contribution in [1.29, 1.82) is 0 Å². The molecule has 1 saturated heterocycles. The lowest BCUT2D eigenvalue weighted by Crippen LogP contribution is -2.25. The van der Waals surface area contributed by atoms with Crippen molar-refractivity contribution in [2.24, 2.45) is 4.99 Å². The Morgan fingerprint density at radius 1 is 1.39 bits per heavy atom. The van der Waals surface area contributed by atoms with Gasteiger partial charge in [0.2, 0.25) is 0 Å². The van der Waals surface area contributed by atoms with Crippen molar-refractivity contribution >= 4 is 11.9 Å². The quantitative estimate of drug-likeness (QED) is 0.857. The van der Waals surface area contributed by atoms with Crippen molar-refractivity contribution in [3.63, 3.8) is 0 Å². The van der Waals surface area contributed by atoms with E-state index in [0.29, 0.717) is 12.5 Å². The molecule has 2 rings (SSSR count). The third kappa shape index (κ3) is 2.32. The largest absolute Gasteiger partial charge is 0.340 e. The molecule has 4 nitrogen and oxygen atoms in total. The van der Waals surface area contributed by atoms with E-state index in [1.165, 1.54) is 12.1 Å². The molecule has 1 aromatic rings. The second-order valence-electron chi connectivity index (χ2n) is 3.94. The molecule has 0 bridgehead atoms. The Morgan fingerprint density at radius 2 is 2.17 bits per heavy atom. The van der Waals surface area contributed by atoms with Crippen LogP contribution in [0, 0.1) is 11.6 Å². The molecular weight excluding hydrogens is 240 g/mol. The molecule has 1 aliphatic heterocycles. The summed E-state index contributed by atoms with van der Waals surface area (Å²) in [5.74, 6) is -2.12. The molecule has 1 heterocycles. The number of nitrogens with zero attached hydrogens (tertiary/aromatic N) is 1. The number of guanidine groups is 1. The number of hydrogen-bond donors (Lipinski definition) is 2. The van der Waals surface area contributed by atoms with Crippen molar-refractivity contribution < 1.29 is 13.6 Å². The van der Waals surface area contributed by atoms with E-state index >= 15 is 0 Å². The lowest BCUT2D eigenvalue weighted by atomic mass is 10.1. The Bertz CT molecular complexity index is 502. The van der Waals surface area contributed by atoms with Gasteiger partial charge in [-0.1, -0.05) is 19.1 Å². The van der Waals surface area contributed by atoms with Gasteiger partial charge in [-0.3, -0.25) is 15.1 Å². The highest BCUT2D eigenvalue weighted by Gasteiger charge is 2.32. The summed E-state index contributed by atoms with van der Waals surface area (Å²) >= 11 is 0. The van der Waals surface area contributed by atoms with Crippen LogP contribution < -0.4 is 10.6 Å². The van der Waals surface area contributed by atoms with E-state index in [1.54, 1.807) is 0 Å². The maximum atomic E-state index is 13.6. The normalized spacial score (nSPS) is 20.9. The van der Waals surface area contributed by atoms with Gasteiger partial charge in [-0.15, -0.1) is 0 Å². The lowest BCUT2D eigenvalue weighted by Gasteiger charge is -2.09. The first-order valence-corrected chi connectivity index (χ1v) is 5.69. The first kappa shape index (κ1) is 12.5. The summed E-state index contributed by atoms with van der Waals surface area (Å²) in [4.78, 5) is 15.7. The number of nitrogens with one attached hydrogen (secondary N) is 2. The molecule has 1 aromatic carbocycles. The molecule has 2 N–H and O–H groups in total. The van der Waals surface area contributed by atoms with Gasteiger partial charge in [0.05, 0.1) is 0 Å². The number of amides is 1. The van der Waals surface area contributed by atoms with Crippen LogP contribution in [0.2, 0.25) is 0 Å². The number of rotatable bonds is 3. The fourth-order valence-electron chi connectivity index (χ4n) is 1.70. The summed E-state index contributed by atoms with van der Waals surface area (Å²) in [6.07, 6.45) is 0.833. The van der Waals surface area contributed by atoms with Crippen molar-refractivity contribution in [1.82, 2.24) is 10.6 Å². The topological polar surface area (TPSA) is 53.5 Å². The number of hydrogen-bond acceptors (Lipinski definition) is 2. The van der Waals surface area contributed by atoms with Gasteiger partial charge in [0, 0.05) is 12.1 Å². The molecule has 0 radical (unpaired) electrons. The summed E-state index contributed by atoms with van der Waals surface area (Å²) in [5.41, 5.74) is -0.0193. The molecule has 18 heavy (non-hydrogen) atoms. The average molecular weight is 253 g/mol. The van der Waals surface area contributed by atoms with Crippen LogP contribution in [-0.4, -0.2) is 18.4 Å². The zero-order valence-corrected chi connectivity index (χ0v) is 9.84. The third-order valence-corrected chi connectivity index (χ3v) is 2.57. The molecule has 6 heteroatoms. The molecule has 1 unspecified atom stereocenters. The molecule has 1 aliphatic rings. The van der Waals surface area contributed by atoms with E-state index < -0.39 is 23.6 Å². The standard InChI is InChI=1S/C12H13F2N3O/c1-2-6-15-12-16-10(11(18)17-12)7-4-3-5-8(13)9(7)14/h3-5,10H,2,6H2,1H3,(H2,15,16,17,18). The van der Waals surface area contributed by atoms with E-state index in [0.717, 1.165) is 12.5 Å². The van der Waals surface area contributed by atoms with Gasteiger partial charge in [-0.2, -0.15) is 0 Å². The Kier molecular flexibility index (Phi) is 3.55. The van der Waals surface area contributed by atoms with Gasteiger partial charge in [-0.25, -0.2) is 8.78 Å². The molecule has 0 aliphatic carbocycles. The summed E-state index contributed by atoms with van der Waals surface area (Å²) in [6, 6.07) is 2.82. The summed E-state index contributed by atoms with van der Waals surface area (Å²) in [5, 5.41) is 5.24. The second kappa shape index (κ2) is 5.12. The van der Waals surface area contributed by atoms with Gasteiger partial charge >= 0.3 is 0 Å². The van der Waals surface area contributed by atoms with Crippen LogP contribution >= 0.6 is 0 Å². The van der Waals surface area contributed by atoms with Crippen LogP contribution in [0.15, 0.2) is 23.2 Å². The van der Waals surface area contributed by atoms with Crippen LogP contribution in [0.5, 0.6) is 0 Å². The Morgan fingerprint density at radius 3 is 2.89 bits per heavy atom.